The quantitative estimate of drug-likeness (QED) is 0.553. The minimum atomic E-state index is 0.681. The summed E-state index contributed by atoms with van der Waals surface area (Å²) >= 11 is 0. The average Bonchev–Trinajstić information content (AvgIpc) is 2.40. The van der Waals surface area contributed by atoms with E-state index in [4.69, 9.17) is 0 Å². The number of rotatable bonds is 7. The zero-order valence-electron chi connectivity index (χ0n) is 13.8. The Hall–Kier alpha value is -0.780. The normalized spacial score (nSPS) is 16.1. The topological polar surface area (TPSA) is 0 Å². The summed E-state index contributed by atoms with van der Waals surface area (Å²) in [5, 5.41) is 0. The summed E-state index contributed by atoms with van der Waals surface area (Å²) in [6.45, 7) is 14.0. The lowest BCUT2D eigenvalue weighted by Gasteiger charge is -2.24. The Bertz CT molecular complexity index is 378. The summed E-state index contributed by atoms with van der Waals surface area (Å²) in [7, 11) is 0. The van der Waals surface area contributed by atoms with Gasteiger partial charge in [0.1, 0.15) is 0 Å². The molecular weight excluding hydrogens is 228 g/mol. The Balaban J connectivity index is 2.80. The first-order chi connectivity index (χ1) is 8.99. The van der Waals surface area contributed by atoms with Crippen molar-refractivity contribution < 1.29 is 0 Å². The smallest absolute Gasteiger partial charge is 0.0185 e. The van der Waals surface area contributed by atoms with Crippen LogP contribution in [0.4, 0.5) is 0 Å². The fourth-order valence-corrected chi connectivity index (χ4v) is 2.98. The Morgan fingerprint density at radius 1 is 1.00 bits per heavy atom. The summed E-state index contributed by atoms with van der Waals surface area (Å²) in [6.07, 6.45) is 5.05. The number of aryl methyl sites for hydroxylation is 2. The minimum absolute atomic E-state index is 0.681. The van der Waals surface area contributed by atoms with Crippen molar-refractivity contribution >= 4 is 0 Å². The van der Waals surface area contributed by atoms with Crippen LogP contribution in [-0.2, 0) is 6.42 Å². The van der Waals surface area contributed by atoms with Gasteiger partial charge >= 0.3 is 0 Å². The maximum absolute atomic E-state index is 2.45. The van der Waals surface area contributed by atoms with Crippen LogP contribution in [-0.4, -0.2) is 0 Å². The van der Waals surface area contributed by atoms with Gasteiger partial charge in [0.05, 0.1) is 0 Å². The van der Waals surface area contributed by atoms with E-state index in [2.05, 4.69) is 59.7 Å². The van der Waals surface area contributed by atoms with Crippen LogP contribution < -0.4 is 0 Å². The first-order valence-electron chi connectivity index (χ1n) is 8.08. The molecule has 0 fully saturated rings. The second kappa shape index (κ2) is 7.72. The van der Waals surface area contributed by atoms with Gasteiger partial charge in [-0.1, -0.05) is 65.7 Å². The average molecular weight is 260 g/mol. The van der Waals surface area contributed by atoms with Gasteiger partial charge in [0, 0.05) is 0 Å². The molecule has 1 aromatic carbocycles. The van der Waals surface area contributed by atoms with Crippen LogP contribution in [0, 0.1) is 18.8 Å². The first-order valence-corrected chi connectivity index (χ1v) is 8.08. The Labute approximate surface area is 120 Å². The number of hydrogen-bond donors (Lipinski definition) is 0. The van der Waals surface area contributed by atoms with Gasteiger partial charge in [-0.15, -0.1) is 0 Å². The van der Waals surface area contributed by atoms with E-state index >= 15 is 0 Å². The maximum atomic E-state index is 2.45. The zero-order chi connectivity index (χ0) is 14.4. The van der Waals surface area contributed by atoms with Gasteiger partial charge in [0.15, 0.2) is 0 Å². The van der Waals surface area contributed by atoms with E-state index in [1.54, 1.807) is 5.56 Å². The monoisotopic (exact) mass is 260 g/mol. The molecule has 3 unspecified atom stereocenters. The summed E-state index contributed by atoms with van der Waals surface area (Å²) < 4.78 is 0. The lowest BCUT2D eigenvalue weighted by atomic mass is 9.82. The highest BCUT2D eigenvalue weighted by Gasteiger charge is 2.16. The van der Waals surface area contributed by atoms with Crippen molar-refractivity contribution in [3.05, 3.63) is 34.9 Å². The molecule has 1 rings (SSSR count). The van der Waals surface area contributed by atoms with Crippen molar-refractivity contribution in [3.63, 3.8) is 0 Å². The zero-order valence-corrected chi connectivity index (χ0v) is 13.8. The predicted molar refractivity (Wildman–Crippen MR) is 86.8 cm³/mol. The molecule has 1 aromatic rings. The van der Waals surface area contributed by atoms with Crippen molar-refractivity contribution in [2.24, 2.45) is 11.8 Å². The largest absolute Gasteiger partial charge is 0.0651 e. The molecule has 0 aromatic heterocycles. The second-order valence-corrected chi connectivity index (χ2v) is 6.44. The summed E-state index contributed by atoms with van der Waals surface area (Å²) in [5.41, 5.74) is 4.54. The second-order valence-electron chi connectivity index (χ2n) is 6.44. The number of hydrogen-bond acceptors (Lipinski definition) is 0. The van der Waals surface area contributed by atoms with E-state index in [1.165, 1.54) is 36.8 Å². The van der Waals surface area contributed by atoms with Gasteiger partial charge in [0.2, 0.25) is 0 Å². The molecular formula is C19H32. The molecule has 19 heavy (non-hydrogen) atoms. The molecule has 3 atom stereocenters. The first kappa shape index (κ1) is 16.3. The van der Waals surface area contributed by atoms with Crippen LogP contribution in [0.1, 0.15) is 76.5 Å². The summed E-state index contributed by atoms with van der Waals surface area (Å²) in [6, 6.07) is 7.06. The molecule has 0 radical (unpaired) electrons. The lowest BCUT2D eigenvalue weighted by molar-refractivity contribution is 0.336. The van der Waals surface area contributed by atoms with E-state index in [0.29, 0.717) is 5.92 Å². The van der Waals surface area contributed by atoms with Crippen molar-refractivity contribution in [1.29, 1.82) is 0 Å². The van der Waals surface area contributed by atoms with Crippen molar-refractivity contribution in [3.8, 4) is 0 Å². The van der Waals surface area contributed by atoms with Crippen molar-refractivity contribution in [2.45, 2.75) is 73.1 Å². The molecule has 0 aliphatic heterocycles. The van der Waals surface area contributed by atoms with Crippen LogP contribution >= 0.6 is 0 Å². The maximum Gasteiger partial charge on any atom is -0.0185 e. The van der Waals surface area contributed by atoms with Gasteiger partial charge in [-0.25, -0.2) is 0 Å². The Morgan fingerprint density at radius 3 is 2.26 bits per heavy atom. The molecule has 0 saturated heterocycles. The van der Waals surface area contributed by atoms with E-state index in [9.17, 15) is 0 Å². The highest BCUT2D eigenvalue weighted by Crippen LogP contribution is 2.30. The van der Waals surface area contributed by atoms with Crippen LogP contribution in [0.2, 0.25) is 0 Å². The molecule has 0 heteroatoms. The highest BCUT2D eigenvalue weighted by atomic mass is 14.2. The molecule has 0 nitrogen and oxygen atoms in total. The van der Waals surface area contributed by atoms with E-state index in [0.717, 1.165) is 11.8 Å². The summed E-state index contributed by atoms with van der Waals surface area (Å²) in [4.78, 5) is 0. The van der Waals surface area contributed by atoms with Crippen LogP contribution in [0.3, 0.4) is 0 Å². The fraction of sp³-hybridized carbons (Fsp3) is 0.684. The third kappa shape index (κ3) is 4.67. The highest BCUT2D eigenvalue weighted by molar-refractivity contribution is 5.33. The van der Waals surface area contributed by atoms with E-state index in [1.807, 2.05) is 0 Å². The SMILES string of the molecule is CCCc1ccc(C)c(C(C)CC(C)C(C)CC)c1. The van der Waals surface area contributed by atoms with Gasteiger partial charge in [-0.05, 0) is 54.2 Å². The Morgan fingerprint density at radius 2 is 1.68 bits per heavy atom. The summed E-state index contributed by atoms with van der Waals surface area (Å²) in [5.74, 6) is 2.33. The standard InChI is InChI=1S/C19H32/c1-7-9-18-11-10-15(4)19(13-18)17(6)12-16(5)14(3)8-2/h10-11,13-14,16-17H,7-9,12H2,1-6H3. The van der Waals surface area contributed by atoms with Gasteiger partial charge < -0.3 is 0 Å². The minimum Gasteiger partial charge on any atom is -0.0651 e. The molecule has 0 amide bonds. The van der Waals surface area contributed by atoms with Crippen LogP contribution in [0.15, 0.2) is 18.2 Å². The lowest BCUT2D eigenvalue weighted by Crippen LogP contribution is -2.11. The molecule has 0 aliphatic carbocycles. The third-order valence-electron chi connectivity index (χ3n) is 4.75. The molecule has 0 saturated carbocycles. The van der Waals surface area contributed by atoms with Gasteiger partial charge in [0.25, 0.3) is 0 Å². The van der Waals surface area contributed by atoms with Crippen molar-refractivity contribution in [1.82, 2.24) is 0 Å². The Kier molecular flexibility index (Phi) is 6.62. The van der Waals surface area contributed by atoms with Gasteiger partial charge in [-0.2, -0.15) is 0 Å². The molecule has 0 N–H and O–H groups in total. The third-order valence-corrected chi connectivity index (χ3v) is 4.75. The fourth-order valence-electron chi connectivity index (χ4n) is 2.98. The molecule has 0 bridgehead atoms. The van der Waals surface area contributed by atoms with Crippen LogP contribution in [0.5, 0.6) is 0 Å². The molecule has 0 heterocycles. The van der Waals surface area contributed by atoms with E-state index in [-0.39, 0.29) is 0 Å². The molecule has 0 spiro atoms. The van der Waals surface area contributed by atoms with E-state index < -0.39 is 0 Å². The predicted octanol–water partition coefficient (Wildman–Crippen LogP) is 6.12. The van der Waals surface area contributed by atoms with Gasteiger partial charge in [-0.3, -0.25) is 0 Å². The van der Waals surface area contributed by atoms with Crippen molar-refractivity contribution in [2.75, 3.05) is 0 Å². The van der Waals surface area contributed by atoms with Crippen LogP contribution in [0.25, 0.3) is 0 Å². The molecule has 0 aliphatic rings. The number of benzene rings is 1. The molecule has 108 valence electrons.